The minimum atomic E-state index is 0.411. The lowest BCUT2D eigenvalue weighted by Gasteiger charge is -2.52. The number of amides is 1. The summed E-state index contributed by atoms with van der Waals surface area (Å²) in [6, 6.07) is 11.0. The maximum absolute atomic E-state index is 12.2. The Kier molecular flexibility index (Phi) is 4.21. The number of hydrogen-bond acceptors (Lipinski definition) is 2. The van der Waals surface area contributed by atoms with Crippen LogP contribution in [0.25, 0.3) is 6.08 Å². The molecule has 1 amide bonds. The summed E-state index contributed by atoms with van der Waals surface area (Å²) >= 11 is 0. The number of piperidine rings is 3. The Labute approximate surface area is 139 Å². The molecule has 3 saturated heterocycles. The third kappa shape index (κ3) is 3.20. The fourth-order valence-corrected chi connectivity index (χ4v) is 4.76. The molecule has 0 spiro atoms. The Morgan fingerprint density at radius 2 is 2.00 bits per heavy atom. The molecular formula is C20H26N2O. The second kappa shape index (κ2) is 6.48. The highest BCUT2D eigenvalue weighted by Gasteiger charge is 2.43. The van der Waals surface area contributed by atoms with Crippen LogP contribution in [0.4, 0.5) is 0 Å². The Morgan fingerprint density at radius 1 is 1.13 bits per heavy atom. The van der Waals surface area contributed by atoms with Gasteiger partial charge in [-0.15, -0.1) is 0 Å². The quantitative estimate of drug-likeness (QED) is 0.857. The number of benzene rings is 1. The van der Waals surface area contributed by atoms with Crippen LogP contribution in [-0.2, 0) is 4.79 Å². The normalized spacial score (nSPS) is 31.4. The van der Waals surface area contributed by atoms with Crippen LogP contribution < -0.4 is 0 Å². The van der Waals surface area contributed by atoms with Gasteiger partial charge in [-0.2, -0.15) is 0 Å². The molecule has 1 aromatic rings. The zero-order valence-electron chi connectivity index (χ0n) is 13.7. The monoisotopic (exact) mass is 310 g/mol. The van der Waals surface area contributed by atoms with Crippen LogP contribution in [0.5, 0.6) is 0 Å². The van der Waals surface area contributed by atoms with Gasteiger partial charge in [0.2, 0.25) is 5.91 Å². The number of nitrogens with zero attached hydrogens (tertiary/aromatic N) is 2. The minimum Gasteiger partial charge on any atom is -0.339 e. The zero-order valence-corrected chi connectivity index (χ0v) is 13.7. The molecule has 2 bridgehead atoms. The molecule has 23 heavy (non-hydrogen) atoms. The number of likely N-dealkylation sites (tertiary alicyclic amines) is 1. The third-order valence-corrected chi connectivity index (χ3v) is 5.73. The van der Waals surface area contributed by atoms with E-state index in [-0.39, 0.29) is 0 Å². The molecule has 3 heteroatoms. The number of carbonyl (C=O) groups is 1. The molecule has 122 valence electrons. The summed E-state index contributed by atoms with van der Waals surface area (Å²) in [5.41, 5.74) is 1.27. The molecule has 3 aliphatic heterocycles. The Balaban J connectivity index is 1.38. The van der Waals surface area contributed by atoms with E-state index in [2.05, 4.69) is 52.3 Å². The molecule has 4 rings (SSSR count). The number of fused-ring (bicyclic) bond motifs is 4. The van der Waals surface area contributed by atoms with Gasteiger partial charge in [0.15, 0.2) is 0 Å². The lowest BCUT2D eigenvalue weighted by atomic mass is 9.76. The van der Waals surface area contributed by atoms with Crippen molar-refractivity contribution in [3.8, 4) is 0 Å². The predicted octanol–water partition coefficient (Wildman–Crippen LogP) is 3.03. The molecular weight excluding hydrogens is 284 g/mol. The first-order valence-electron chi connectivity index (χ1n) is 9.03. The molecule has 0 saturated carbocycles. The van der Waals surface area contributed by atoms with Crippen molar-refractivity contribution in [1.82, 2.24) is 9.80 Å². The van der Waals surface area contributed by atoms with Crippen LogP contribution in [0.1, 0.15) is 31.2 Å². The minimum absolute atomic E-state index is 0.411. The van der Waals surface area contributed by atoms with Crippen molar-refractivity contribution in [2.45, 2.75) is 31.7 Å². The molecule has 0 N–H and O–H groups in total. The third-order valence-electron chi connectivity index (χ3n) is 5.73. The fourth-order valence-electron chi connectivity index (χ4n) is 4.76. The average Bonchev–Trinajstić information content (AvgIpc) is 2.57. The zero-order chi connectivity index (χ0) is 15.6. The Morgan fingerprint density at radius 3 is 2.87 bits per heavy atom. The van der Waals surface area contributed by atoms with Crippen molar-refractivity contribution < 1.29 is 4.79 Å². The number of carbonyl (C=O) groups excluding carboxylic acids is 1. The molecule has 0 aliphatic carbocycles. The Bertz CT molecular complexity index is 583. The number of hydrogen-bond donors (Lipinski definition) is 0. The lowest BCUT2D eigenvalue weighted by Crippen LogP contribution is -2.60. The van der Waals surface area contributed by atoms with Gasteiger partial charge in [0, 0.05) is 38.6 Å². The van der Waals surface area contributed by atoms with Crippen molar-refractivity contribution >= 4 is 12.0 Å². The highest BCUT2D eigenvalue weighted by atomic mass is 16.2. The van der Waals surface area contributed by atoms with E-state index in [0.29, 0.717) is 23.8 Å². The molecule has 1 aromatic carbocycles. The molecule has 3 nitrogen and oxygen atoms in total. The first-order chi connectivity index (χ1) is 11.3. The molecule has 0 aromatic heterocycles. The van der Waals surface area contributed by atoms with Crippen LogP contribution in [0.15, 0.2) is 36.4 Å². The summed E-state index contributed by atoms with van der Waals surface area (Å²) in [6.07, 6.45) is 8.93. The lowest BCUT2D eigenvalue weighted by molar-refractivity contribution is -0.144. The predicted molar refractivity (Wildman–Crippen MR) is 92.9 cm³/mol. The summed E-state index contributed by atoms with van der Waals surface area (Å²) < 4.78 is 0. The molecule has 0 radical (unpaired) electrons. The van der Waals surface area contributed by atoms with Crippen molar-refractivity contribution in [2.24, 2.45) is 11.8 Å². The van der Waals surface area contributed by atoms with E-state index in [0.717, 1.165) is 39.0 Å². The fraction of sp³-hybridized carbons (Fsp3) is 0.550. The van der Waals surface area contributed by atoms with Gasteiger partial charge in [-0.1, -0.05) is 42.5 Å². The highest BCUT2D eigenvalue weighted by molar-refractivity contribution is 5.77. The van der Waals surface area contributed by atoms with Gasteiger partial charge in [-0.05, 0) is 36.7 Å². The largest absolute Gasteiger partial charge is 0.339 e. The summed E-state index contributed by atoms with van der Waals surface area (Å²) in [5.74, 6) is 1.78. The van der Waals surface area contributed by atoms with Crippen molar-refractivity contribution in [2.75, 3.05) is 26.2 Å². The molecule has 0 unspecified atom stereocenters. The van der Waals surface area contributed by atoms with Crippen molar-refractivity contribution in [3.05, 3.63) is 42.0 Å². The molecule has 3 fully saturated rings. The second-order valence-electron chi connectivity index (χ2n) is 7.40. The molecule has 3 heterocycles. The van der Waals surface area contributed by atoms with Crippen LogP contribution in [-0.4, -0.2) is 47.9 Å². The van der Waals surface area contributed by atoms with Crippen LogP contribution >= 0.6 is 0 Å². The van der Waals surface area contributed by atoms with E-state index in [1.54, 1.807) is 0 Å². The molecule has 3 aliphatic rings. The van der Waals surface area contributed by atoms with E-state index in [9.17, 15) is 4.79 Å². The summed E-state index contributed by atoms with van der Waals surface area (Å²) in [7, 11) is 0. The van der Waals surface area contributed by atoms with Crippen LogP contribution in [0, 0.1) is 11.8 Å². The Hall–Kier alpha value is -1.61. The topological polar surface area (TPSA) is 23.6 Å². The van der Waals surface area contributed by atoms with Crippen molar-refractivity contribution in [3.63, 3.8) is 0 Å². The average molecular weight is 310 g/mol. The summed E-state index contributed by atoms with van der Waals surface area (Å²) in [4.78, 5) is 17.0. The summed E-state index contributed by atoms with van der Waals surface area (Å²) in [6.45, 7) is 4.33. The van der Waals surface area contributed by atoms with E-state index >= 15 is 0 Å². The van der Waals surface area contributed by atoms with Crippen LogP contribution in [0.2, 0.25) is 0 Å². The second-order valence-corrected chi connectivity index (χ2v) is 7.40. The van der Waals surface area contributed by atoms with E-state index < -0.39 is 0 Å². The SMILES string of the molecule is O=C1CCC[C@H]2[C@H]3C[C@@H](CN(C/C=C/c4ccccc4)C3)CN12. The van der Waals surface area contributed by atoms with Gasteiger partial charge in [0.1, 0.15) is 0 Å². The first-order valence-corrected chi connectivity index (χ1v) is 9.03. The van der Waals surface area contributed by atoms with Crippen molar-refractivity contribution in [1.29, 1.82) is 0 Å². The van der Waals surface area contributed by atoms with Gasteiger partial charge in [-0.3, -0.25) is 9.69 Å². The van der Waals surface area contributed by atoms with Gasteiger partial charge in [-0.25, -0.2) is 0 Å². The first kappa shape index (κ1) is 14.9. The molecule has 3 atom stereocenters. The maximum atomic E-state index is 12.2. The van der Waals surface area contributed by atoms with E-state index in [4.69, 9.17) is 0 Å². The van der Waals surface area contributed by atoms with E-state index in [1.165, 1.54) is 18.4 Å². The van der Waals surface area contributed by atoms with E-state index in [1.807, 2.05) is 0 Å². The maximum Gasteiger partial charge on any atom is 0.222 e. The summed E-state index contributed by atoms with van der Waals surface area (Å²) in [5, 5.41) is 0. The van der Waals surface area contributed by atoms with Gasteiger partial charge in [0.05, 0.1) is 0 Å². The standard InChI is InChI=1S/C20H26N2O/c23-20-10-4-9-19-18-12-17(14-22(19)20)13-21(15-18)11-5-8-16-6-2-1-3-7-16/h1-3,5-8,17-19H,4,9-15H2/b8-5+/t17-,18-,19-/m0/s1. The van der Waals surface area contributed by atoms with Gasteiger partial charge in [0.25, 0.3) is 0 Å². The van der Waals surface area contributed by atoms with Crippen LogP contribution in [0.3, 0.4) is 0 Å². The smallest absolute Gasteiger partial charge is 0.222 e. The highest BCUT2D eigenvalue weighted by Crippen LogP contribution is 2.37. The van der Waals surface area contributed by atoms with Gasteiger partial charge >= 0.3 is 0 Å². The number of rotatable bonds is 3. The van der Waals surface area contributed by atoms with Gasteiger partial charge < -0.3 is 4.90 Å².